The minimum Gasteiger partial charge on any atom is -0.477 e. The number of aromatic carboxylic acids is 1. The third kappa shape index (κ3) is 3.45. The van der Waals surface area contributed by atoms with E-state index in [9.17, 15) is 4.79 Å². The Kier molecular flexibility index (Phi) is 4.42. The number of aryl methyl sites for hydroxylation is 1. The summed E-state index contributed by atoms with van der Waals surface area (Å²) >= 11 is 1.22. The quantitative estimate of drug-likeness (QED) is 0.868. The summed E-state index contributed by atoms with van der Waals surface area (Å²) in [6, 6.07) is 0.603. The first kappa shape index (κ1) is 14.3. The molecular formula is C13H21N3O2S. The van der Waals surface area contributed by atoms with Crippen molar-refractivity contribution in [1.82, 2.24) is 9.88 Å². The first-order chi connectivity index (χ1) is 8.97. The van der Waals surface area contributed by atoms with Crippen molar-refractivity contribution in [2.24, 2.45) is 5.92 Å². The zero-order valence-electron chi connectivity index (χ0n) is 11.6. The van der Waals surface area contributed by atoms with Crippen molar-refractivity contribution in [3.05, 3.63) is 10.6 Å². The fourth-order valence-corrected chi connectivity index (χ4v) is 3.21. The molecule has 6 heteroatoms. The van der Waals surface area contributed by atoms with Gasteiger partial charge in [-0.15, -0.1) is 0 Å². The molecule has 1 saturated heterocycles. The molecule has 0 amide bonds. The minimum atomic E-state index is -0.894. The number of carbonyl (C=O) groups is 1. The standard InChI is InChI=1S/C13H21N3O2S/c1-8(2)16-5-4-10(7-16)6-14-13-15-9(3)11(19-13)12(17)18/h8,10H,4-7H2,1-3H3,(H,14,15)(H,17,18). The summed E-state index contributed by atoms with van der Waals surface area (Å²) < 4.78 is 0. The van der Waals surface area contributed by atoms with Crippen LogP contribution in [0.1, 0.15) is 35.6 Å². The van der Waals surface area contributed by atoms with E-state index in [1.165, 1.54) is 17.8 Å². The molecule has 1 aromatic heterocycles. The van der Waals surface area contributed by atoms with E-state index in [4.69, 9.17) is 5.11 Å². The highest BCUT2D eigenvalue weighted by Gasteiger charge is 2.24. The molecular weight excluding hydrogens is 262 g/mol. The van der Waals surface area contributed by atoms with Gasteiger partial charge in [-0.1, -0.05) is 11.3 Å². The molecule has 5 nitrogen and oxygen atoms in total. The molecule has 0 bridgehead atoms. The van der Waals surface area contributed by atoms with Gasteiger partial charge in [-0.2, -0.15) is 0 Å². The SMILES string of the molecule is Cc1nc(NCC2CCN(C(C)C)C2)sc1C(=O)O. The number of hydrogen-bond donors (Lipinski definition) is 2. The van der Waals surface area contributed by atoms with Gasteiger partial charge in [0, 0.05) is 19.1 Å². The number of nitrogens with one attached hydrogen (secondary N) is 1. The molecule has 0 radical (unpaired) electrons. The molecule has 2 N–H and O–H groups in total. The molecule has 0 aromatic carbocycles. The number of hydrogen-bond acceptors (Lipinski definition) is 5. The molecule has 2 heterocycles. The van der Waals surface area contributed by atoms with Gasteiger partial charge in [0.25, 0.3) is 0 Å². The van der Waals surface area contributed by atoms with Gasteiger partial charge in [0.1, 0.15) is 4.88 Å². The van der Waals surface area contributed by atoms with Crippen molar-refractivity contribution < 1.29 is 9.90 Å². The lowest BCUT2D eigenvalue weighted by molar-refractivity contribution is 0.0701. The fourth-order valence-electron chi connectivity index (χ4n) is 2.40. The average Bonchev–Trinajstić information content (AvgIpc) is 2.92. The zero-order valence-corrected chi connectivity index (χ0v) is 12.5. The lowest BCUT2D eigenvalue weighted by Gasteiger charge is -2.20. The molecule has 19 heavy (non-hydrogen) atoms. The highest BCUT2D eigenvalue weighted by Crippen LogP contribution is 2.24. The van der Waals surface area contributed by atoms with Crippen LogP contribution in [0.5, 0.6) is 0 Å². The van der Waals surface area contributed by atoms with Gasteiger partial charge in [-0.3, -0.25) is 0 Å². The van der Waals surface area contributed by atoms with Crippen molar-refractivity contribution in [3.8, 4) is 0 Å². The lowest BCUT2D eigenvalue weighted by atomic mass is 10.1. The van der Waals surface area contributed by atoms with E-state index in [0.717, 1.165) is 24.8 Å². The second kappa shape index (κ2) is 5.88. The molecule has 106 valence electrons. The van der Waals surface area contributed by atoms with Crippen LogP contribution in [-0.2, 0) is 0 Å². The number of rotatable bonds is 5. The molecule has 1 atom stereocenters. The lowest BCUT2D eigenvalue weighted by Crippen LogP contribution is -2.29. The van der Waals surface area contributed by atoms with Crippen molar-refractivity contribution in [1.29, 1.82) is 0 Å². The molecule has 1 aliphatic heterocycles. The summed E-state index contributed by atoms with van der Waals surface area (Å²) in [5.41, 5.74) is 0.593. The van der Waals surface area contributed by atoms with Gasteiger partial charge in [0.2, 0.25) is 0 Å². The van der Waals surface area contributed by atoms with Crippen molar-refractivity contribution in [2.45, 2.75) is 33.2 Å². The molecule has 0 spiro atoms. The number of aromatic nitrogens is 1. The Morgan fingerprint density at radius 2 is 2.37 bits per heavy atom. The predicted octanol–water partition coefficient (Wildman–Crippen LogP) is 2.29. The number of carboxylic acid groups (broad SMARTS) is 1. The Labute approximate surface area is 117 Å². The van der Waals surface area contributed by atoms with Crippen LogP contribution in [0.25, 0.3) is 0 Å². The van der Waals surface area contributed by atoms with Crippen molar-refractivity contribution in [2.75, 3.05) is 25.0 Å². The van der Waals surface area contributed by atoms with Crippen LogP contribution in [-0.4, -0.2) is 46.6 Å². The summed E-state index contributed by atoms with van der Waals surface area (Å²) in [7, 11) is 0. The molecule has 1 fully saturated rings. The van der Waals surface area contributed by atoms with Crippen molar-refractivity contribution >= 4 is 22.4 Å². The molecule has 1 aliphatic rings. The third-order valence-electron chi connectivity index (χ3n) is 3.58. The average molecular weight is 283 g/mol. The highest BCUT2D eigenvalue weighted by molar-refractivity contribution is 7.17. The molecule has 0 aliphatic carbocycles. The van der Waals surface area contributed by atoms with Crippen LogP contribution in [0.2, 0.25) is 0 Å². The van der Waals surface area contributed by atoms with Gasteiger partial charge in [0.05, 0.1) is 5.69 Å². The van der Waals surface area contributed by atoms with Crippen molar-refractivity contribution in [3.63, 3.8) is 0 Å². The maximum absolute atomic E-state index is 10.9. The summed E-state index contributed by atoms with van der Waals surface area (Å²) in [6.45, 7) is 9.32. The van der Waals surface area contributed by atoms with Crippen LogP contribution in [0.4, 0.5) is 5.13 Å². The predicted molar refractivity (Wildman–Crippen MR) is 77.1 cm³/mol. The maximum atomic E-state index is 10.9. The van der Waals surface area contributed by atoms with Gasteiger partial charge in [-0.05, 0) is 39.7 Å². The van der Waals surface area contributed by atoms with Crippen LogP contribution < -0.4 is 5.32 Å². The summed E-state index contributed by atoms with van der Waals surface area (Å²) in [6.07, 6.45) is 1.20. The van der Waals surface area contributed by atoms with E-state index in [1.54, 1.807) is 6.92 Å². The number of anilines is 1. The normalized spacial score (nSPS) is 20.1. The van der Waals surface area contributed by atoms with Crippen LogP contribution in [0.15, 0.2) is 0 Å². The molecule has 0 saturated carbocycles. The number of thiazole rings is 1. The van der Waals surface area contributed by atoms with Gasteiger partial charge in [-0.25, -0.2) is 9.78 Å². The number of nitrogens with zero attached hydrogens (tertiary/aromatic N) is 2. The van der Waals surface area contributed by atoms with Gasteiger partial charge in [0.15, 0.2) is 5.13 Å². The van der Waals surface area contributed by atoms with Crippen LogP contribution in [0.3, 0.4) is 0 Å². The van der Waals surface area contributed by atoms with E-state index in [1.807, 2.05) is 0 Å². The van der Waals surface area contributed by atoms with E-state index < -0.39 is 5.97 Å². The molecule has 1 aromatic rings. The smallest absolute Gasteiger partial charge is 0.347 e. The molecule has 2 rings (SSSR count). The molecule has 1 unspecified atom stereocenters. The van der Waals surface area contributed by atoms with E-state index in [2.05, 4.69) is 29.0 Å². The first-order valence-electron chi connectivity index (χ1n) is 6.66. The monoisotopic (exact) mass is 283 g/mol. The second-order valence-corrected chi connectivity index (χ2v) is 6.36. The fraction of sp³-hybridized carbons (Fsp3) is 0.692. The minimum absolute atomic E-state index is 0.331. The first-order valence-corrected chi connectivity index (χ1v) is 7.47. The topological polar surface area (TPSA) is 65.5 Å². The maximum Gasteiger partial charge on any atom is 0.347 e. The van der Waals surface area contributed by atoms with Crippen LogP contribution in [0, 0.1) is 12.8 Å². The Balaban J connectivity index is 1.86. The number of carboxylic acids is 1. The summed E-state index contributed by atoms with van der Waals surface area (Å²) in [4.78, 5) is 18.0. The summed E-state index contributed by atoms with van der Waals surface area (Å²) in [5, 5.41) is 13.0. The third-order valence-corrected chi connectivity index (χ3v) is 4.68. The number of likely N-dealkylation sites (tertiary alicyclic amines) is 1. The summed E-state index contributed by atoms with van der Waals surface area (Å²) in [5.74, 6) is -0.269. The van der Waals surface area contributed by atoms with Gasteiger partial charge < -0.3 is 15.3 Å². The van der Waals surface area contributed by atoms with Crippen LogP contribution >= 0.6 is 11.3 Å². The Bertz CT molecular complexity index is 459. The second-order valence-electron chi connectivity index (χ2n) is 5.36. The Hall–Kier alpha value is -1.14. The Morgan fingerprint density at radius 1 is 1.63 bits per heavy atom. The zero-order chi connectivity index (χ0) is 14.0. The Morgan fingerprint density at radius 3 is 2.89 bits per heavy atom. The van der Waals surface area contributed by atoms with E-state index >= 15 is 0 Å². The largest absolute Gasteiger partial charge is 0.477 e. The van der Waals surface area contributed by atoms with Gasteiger partial charge >= 0.3 is 5.97 Å². The highest BCUT2D eigenvalue weighted by atomic mass is 32.1. The van der Waals surface area contributed by atoms with E-state index in [-0.39, 0.29) is 0 Å². The van der Waals surface area contributed by atoms with E-state index in [0.29, 0.717) is 22.5 Å².